The largest absolute Gasteiger partial charge is 0.352 e. The van der Waals surface area contributed by atoms with Gasteiger partial charge in [-0.05, 0) is 32.8 Å². The number of allylic oxidation sites excluding steroid dienone is 4. The molecule has 0 unspecified atom stereocenters. The predicted octanol–water partition coefficient (Wildman–Crippen LogP) is 2.09. The molecular formula is C10H15NO. The molecule has 0 aliphatic carbocycles. The van der Waals surface area contributed by atoms with E-state index in [4.69, 9.17) is 0 Å². The third-order valence-corrected chi connectivity index (χ3v) is 2.69. The second-order valence-corrected chi connectivity index (χ2v) is 3.33. The summed E-state index contributed by atoms with van der Waals surface area (Å²) in [4.78, 5) is 12.7. The summed E-state index contributed by atoms with van der Waals surface area (Å²) in [5.41, 5.74) is 4.53. The molecule has 0 radical (unpaired) electrons. The Balaban J connectivity index is 3.04. The Morgan fingerprint density at radius 1 is 1.25 bits per heavy atom. The van der Waals surface area contributed by atoms with Crippen LogP contribution >= 0.6 is 0 Å². The van der Waals surface area contributed by atoms with E-state index in [0.29, 0.717) is 0 Å². The first-order chi connectivity index (χ1) is 5.57. The Hall–Kier alpha value is -1.05. The Kier molecular flexibility index (Phi) is 2.36. The third kappa shape index (κ3) is 1.29. The highest BCUT2D eigenvalue weighted by atomic mass is 16.1. The molecule has 66 valence electrons. The summed E-state index contributed by atoms with van der Waals surface area (Å²) >= 11 is 0. The number of carbonyl (C=O) groups is 1. The molecule has 0 bridgehead atoms. The van der Waals surface area contributed by atoms with Crippen LogP contribution in [0.2, 0.25) is 0 Å². The molecule has 1 heterocycles. The van der Waals surface area contributed by atoms with Gasteiger partial charge in [0.25, 0.3) is 0 Å². The van der Waals surface area contributed by atoms with Gasteiger partial charge in [-0.3, -0.25) is 4.79 Å². The zero-order valence-electron chi connectivity index (χ0n) is 8.14. The molecule has 0 saturated heterocycles. The predicted molar refractivity (Wildman–Crippen MR) is 49.5 cm³/mol. The molecule has 0 aromatic heterocycles. The summed E-state index contributed by atoms with van der Waals surface area (Å²) in [5, 5.41) is 0. The molecule has 2 nitrogen and oxygen atoms in total. The molecule has 0 amide bonds. The third-order valence-electron chi connectivity index (χ3n) is 2.69. The average molecular weight is 165 g/mol. The second-order valence-electron chi connectivity index (χ2n) is 3.33. The Labute approximate surface area is 73.6 Å². The van der Waals surface area contributed by atoms with Crippen molar-refractivity contribution in [1.82, 2.24) is 4.90 Å². The zero-order chi connectivity index (χ0) is 9.30. The van der Waals surface area contributed by atoms with Crippen molar-refractivity contribution in [3.8, 4) is 0 Å². The van der Waals surface area contributed by atoms with Crippen LogP contribution in [0.3, 0.4) is 0 Å². The zero-order valence-corrected chi connectivity index (χ0v) is 8.14. The van der Waals surface area contributed by atoms with Crippen LogP contribution in [0.1, 0.15) is 27.2 Å². The van der Waals surface area contributed by atoms with Crippen molar-refractivity contribution in [1.29, 1.82) is 0 Å². The van der Waals surface area contributed by atoms with Crippen molar-refractivity contribution in [2.24, 2.45) is 0 Å². The minimum absolute atomic E-state index is 0.811. The summed E-state index contributed by atoms with van der Waals surface area (Å²) in [6, 6.07) is 0. The number of rotatable bonds is 1. The van der Waals surface area contributed by atoms with E-state index in [0.717, 1.165) is 24.0 Å². The van der Waals surface area contributed by atoms with Crippen molar-refractivity contribution < 1.29 is 4.79 Å². The van der Waals surface area contributed by atoms with Gasteiger partial charge >= 0.3 is 0 Å². The Bertz CT molecular complexity index is 274. The summed E-state index contributed by atoms with van der Waals surface area (Å²) in [6.07, 6.45) is 1.77. The fourth-order valence-corrected chi connectivity index (χ4v) is 1.42. The van der Waals surface area contributed by atoms with Gasteiger partial charge in [0.1, 0.15) is 6.29 Å². The molecular weight excluding hydrogens is 150 g/mol. The van der Waals surface area contributed by atoms with E-state index in [9.17, 15) is 4.79 Å². The molecule has 1 aliphatic heterocycles. The maximum Gasteiger partial charge on any atom is 0.148 e. The first-order valence-corrected chi connectivity index (χ1v) is 4.13. The van der Waals surface area contributed by atoms with Gasteiger partial charge < -0.3 is 4.90 Å². The van der Waals surface area contributed by atoms with E-state index in [1.807, 2.05) is 14.0 Å². The summed E-state index contributed by atoms with van der Waals surface area (Å²) in [5.74, 6) is 0. The van der Waals surface area contributed by atoms with E-state index in [1.54, 1.807) is 0 Å². The Morgan fingerprint density at radius 2 is 1.83 bits per heavy atom. The first-order valence-electron chi connectivity index (χ1n) is 4.13. The number of carbonyl (C=O) groups excluding carboxylic acids is 1. The second kappa shape index (κ2) is 3.13. The van der Waals surface area contributed by atoms with Gasteiger partial charge in [0.2, 0.25) is 0 Å². The van der Waals surface area contributed by atoms with E-state index < -0.39 is 0 Å². The summed E-state index contributed by atoms with van der Waals surface area (Å²) < 4.78 is 0. The monoisotopic (exact) mass is 165 g/mol. The van der Waals surface area contributed by atoms with Gasteiger partial charge in [0.05, 0.1) is 0 Å². The lowest BCUT2D eigenvalue weighted by Crippen LogP contribution is -2.21. The molecule has 0 spiro atoms. The van der Waals surface area contributed by atoms with Crippen LogP contribution in [0, 0.1) is 0 Å². The number of nitrogens with zero attached hydrogens (tertiary/aromatic N) is 1. The molecule has 12 heavy (non-hydrogen) atoms. The summed E-state index contributed by atoms with van der Waals surface area (Å²) in [6.45, 7) is 6.14. The van der Waals surface area contributed by atoms with E-state index >= 15 is 0 Å². The number of aldehydes is 1. The minimum Gasteiger partial charge on any atom is -0.352 e. The van der Waals surface area contributed by atoms with Crippen molar-refractivity contribution in [2.45, 2.75) is 27.2 Å². The van der Waals surface area contributed by atoms with Crippen molar-refractivity contribution in [3.05, 3.63) is 22.5 Å². The van der Waals surface area contributed by atoms with Crippen molar-refractivity contribution in [3.63, 3.8) is 0 Å². The minimum atomic E-state index is 0.811. The average Bonchev–Trinajstić information content (AvgIpc) is 2.08. The molecule has 0 N–H and O–H groups in total. The SMILES string of the molecule is CC1=C(C)N(C)C(C)=C(C=O)C1. The topological polar surface area (TPSA) is 20.3 Å². The maximum atomic E-state index is 10.7. The molecule has 0 aromatic carbocycles. The first kappa shape index (κ1) is 9.04. The molecule has 0 aromatic rings. The van der Waals surface area contributed by atoms with Crippen LogP contribution in [-0.4, -0.2) is 18.2 Å². The lowest BCUT2D eigenvalue weighted by molar-refractivity contribution is -0.105. The number of hydrogen-bond acceptors (Lipinski definition) is 2. The van der Waals surface area contributed by atoms with Crippen LogP contribution in [0.5, 0.6) is 0 Å². The van der Waals surface area contributed by atoms with Crippen LogP contribution in [0.15, 0.2) is 22.5 Å². The molecule has 0 atom stereocenters. The standard InChI is InChI=1S/C10H15NO/c1-7-5-10(6-12)9(3)11(4)8(7)2/h6H,5H2,1-4H3. The maximum absolute atomic E-state index is 10.7. The molecule has 0 saturated carbocycles. The van der Waals surface area contributed by atoms with E-state index in [-0.39, 0.29) is 0 Å². The fourth-order valence-electron chi connectivity index (χ4n) is 1.42. The van der Waals surface area contributed by atoms with Gasteiger partial charge in [-0.2, -0.15) is 0 Å². The van der Waals surface area contributed by atoms with Crippen molar-refractivity contribution in [2.75, 3.05) is 7.05 Å². The van der Waals surface area contributed by atoms with Crippen LogP contribution in [0.25, 0.3) is 0 Å². The number of hydrogen-bond donors (Lipinski definition) is 0. The fraction of sp³-hybridized carbons (Fsp3) is 0.500. The highest BCUT2D eigenvalue weighted by Gasteiger charge is 2.16. The van der Waals surface area contributed by atoms with Gasteiger partial charge in [0, 0.05) is 24.0 Å². The molecule has 1 aliphatic rings. The molecule has 1 rings (SSSR count). The van der Waals surface area contributed by atoms with Crippen LogP contribution in [-0.2, 0) is 4.79 Å². The Morgan fingerprint density at radius 3 is 2.33 bits per heavy atom. The quantitative estimate of drug-likeness (QED) is 0.554. The summed E-state index contributed by atoms with van der Waals surface area (Å²) in [7, 11) is 2.00. The van der Waals surface area contributed by atoms with E-state index in [2.05, 4.69) is 18.7 Å². The van der Waals surface area contributed by atoms with Gasteiger partial charge in [-0.1, -0.05) is 0 Å². The highest BCUT2D eigenvalue weighted by Crippen LogP contribution is 2.26. The van der Waals surface area contributed by atoms with Gasteiger partial charge in [-0.25, -0.2) is 0 Å². The van der Waals surface area contributed by atoms with Crippen molar-refractivity contribution >= 4 is 6.29 Å². The molecule has 0 fully saturated rings. The molecule has 2 heteroatoms. The lowest BCUT2D eigenvalue weighted by atomic mass is 9.99. The van der Waals surface area contributed by atoms with E-state index in [1.165, 1.54) is 11.3 Å². The smallest absolute Gasteiger partial charge is 0.148 e. The van der Waals surface area contributed by atoms with Crippen LogP contribution in [0.4, 0.5) is 0 Å². The highest BCUT2D eigenvalue weighted by molar-refractivity contribution is 5.75. The van der Waals surface area contributed by atoms with Gasteiger partial charge in [-0.15, -0.1) is 0 Å². The van der Waals surface area contributed by atoms with Gasteiger partial charge in [0.15, 0.2) is 0 Å². The normalized spacial score (nSPS) is 18.8. The van der Waals surface area contributed by atoms with Crippen LogP contribution < -0.4 is 0 Å². The lowest BCUT2D eigenvalue weighted by Gasteiger charge is -2.29.